The van der Waals surface area contributed by atoms with Gasteiger partial charge in [-0.25, -0.2) is 15.0 Å². The number of ether oxygens (including phenoxy) is 1. The molecule has 6 nitrogen and oxygen atoms in total. The van der Waals surface area contributed by atoms with Gasteiger partial charge >= 0.3 is 0 Å². The van der Waals surface area contributed by atoms with Gasteiger partial charge in [-0.1, -0.05) is 88.8 Å². The molecule has 0 radical (unpaired) electrons. The van der Waals surface area contributed by atoms with Crippen molar-refractivity contribution >= 4 is 34.4 Å². The Kier molecular flexibility index (Phi) is 9.07. The fourth-order valence-electron chi connectivity index (χ4n) is 4.44. The molecule has 2 N–H and O–H groups in total. The quantitative estimate of drug-likeness (QED) is 0.392. The van der Waals surface area contributed by atoms with Crippen LogP contribution in [0.25, 0.3) is 0 Å². The number of hydrazine groups is 1. The molecule has 0 amide bonds. The Hall–Kier alpha value is -2.74. The average molecular weight is 555 g/mol. The predicted octanol–water partition coefficient (Wildman–Crippen LogP) is 7.30. The van der Waals surface area contributed by atoms with Crippen molar-refractivity contribution in [2.75, 3.05) is 7.11 Å². The number of rotatable bonds is 6. The summed E-state index contributed by atoms with van der Waals surface area (Å²) < 4.78 is 6.13. The molecule has 2 aliphatic rings. The first-order valence-electron chi connectivity index (χ1n) is 12.5. The van der Waals surface area contributed by atoms with E-state index in [1.165, 1.54) is 5.56 Å². The number of nitrogens with zero attached hydrogens (tertiary/aromatic N) is 3. The molecule has 0 aliphatic carbocycles. The van der Waals surface area contributed by atoms with E-state index in [0.29, 0.717) is 10.9 Å². The molecule has 0 bridgehead atoms. The van der Waals surface area contributed by atoms with Crippen molar-refractivity contribution in [2.45, 2.75) is 70.7 Å². The van der Waals surface area contributed by atoms with Gasteiger partial charge in [0, 0.05) is 34.9 Å². The average Bonchev–Trinajstić information content (AvgIpc) is 3.21. The normalized spacial score (nSPS) is 15.5. The Morgan fingerprint density at radius 3 is 2.13 bits per heavy atom. The lowest BCUT2D eigenvalue weighted by Crippen LogP contribution is -2.42. The summed E-state index contributed by atoms with van der Waals surface area (Å²) >= 11 is 7.73. The number of aliphatic imine (C=N–C) groups is 2. The van der Waals surface area contributed by atoms with Gasteiger partial charge in [-0.3, -0.25) is 5.43 Å². The summed E-state index contributed by atoms with van der Waals surface area (Å²) in [7, 11) is 1.00. The minimum absolute atomic E-state index is 0.0918. The van der Waals surface area contributed by atoms with Crippen molar-refractivity contribution in [3.05, 3.63) is 88.9 Å². The number of hydrogen-bond donors (Lipinski definition) is 2. The molecule has 0 atom stereocenters. The Bertz CT molecular complexity index is 1240. The third kappa shape index (κ3) is 7.65. The standard InChI is InChI=1S/C29H35ClN4OS.CH4O/c1-19-17-24-31-25(20-9-11-21(12-10-20)27(2,3)4)32-26(34(24)33-19)36-29(7,8)18-28(5,6)35-23-15-13-22(30)14-16-23;1-2/h9-17,33H,1,18H2,2-8H3;2H,1H3. The summed E-state index contributed by atoms with van der Waals surface area (Å²) in [5.74, 6) is 2.29. The molecule has 0 fully saturated rings. The molecule has 2 heterocycles. The lowest BCUT2D eigenvalue weighted by Gasteiger charge is -2.37. The second kappa shape index (κ2) is 11.6. The second-order valence-corrected chi connectivity index (χ2v) is 13.6. The van der Waals surface area contributed by atoms with E-state index in [9.17, 15) is 0 Å². The van der Waals surface area contributed by atoms with E-state index < -0.39 is 5.60 Å². The number of aliphatic hydroxyl groups is 1. The Morgan fingerprint density at radius 1 is 0.947 bits per heavy atom. The number of thioether (sulfide) groups is 1. The topological polar surface area (TPSA) is 69.5 Å². The number of aliphatic hydroxyl groups excluding tert-OH is 1. The molecular weight excluding hydrogens is 516 g/mol. The number of benzene rings is 2. The highest BCUT2D eigenvalue weighted by Crippen LogP contribution is 2.39. The van der Waals surface area contributed by atoms with E-state index in [2.05, 4.69) is 84.7 Å². The number of halogens is 1. The highest BCUT2D eigenvalue weighted by molar-refractivity contribution is 8.14. The molecule has 4 rings (SSSR count). The molecule has 2 aromatic rings. The maximum absolute atomic E-state index is 7.00. The SMILES string of the molecule is C=C1C=C2N=C(c3ccc(C(C)(C)C)cc3)N=C(SC(C)(C)CC(C)(C)Oc3ccc(Cl)cc3)N2N1.CO. The van der Waals surface area contributed by atoms with E-state index in [-0.39, 0.29) is 10.2 Å². The van der Waals surface area contributed by atoms with E-state index >= 15 is 0 Å². The third-order valence-corrected chi connectivity index (χ3v) is 7.24. The summed E-state index contributed by atoms with van der Waals surface area (Å²) in [5.41, 5.74) is 6.03. The molecule has 0 spiro atoms. The van der Waals surface area contributed by atoms with Gasteiger partial charge in [-0.05, 0) is 49.1 Å². The van der Waals surface area contributed by atoms with Crippen molar-refractivity contribution in [1.29, 1.82) is 0 Å². The third-order valence-electron chi connectivity index (χ3n) is 5.84. The lowest BCUT2D eigenvalue weighted by atomic mass is 9.86. The maximum atomic E-state index is 7.00. The molecule has 0 unspecified atom stereocenters. The molecule has 204 valence electrons. The lowest BCUT2D eigenvalue weighted by molar-refractivity contribution is 0.0907. The van der Waals surface area contributed by atoms with Crippen LogP contribution in [0.1, 0.15) is 66.0 Å². The summed E-state index contributed by atoms with van der Waals surface area (Å²) in [6.45, 7) is 19.4. The number of allylic oxidation sites excluding steroid dienone is 1. The van der Waals surface area contributed by atoms with Crippen molar-refractivity contribution in [3.63, 3.8) is 0 Å². The van der Waals surface area contributed by atoms with Crippen molar-refractivity contribution < 1.29 is 9.84 Å². The Labute approximate surface area is 236 Å². The highest BCUT2D eigenvalue weighted by atomic mass is 35.5. The van der Waals surface area contributed by atoms with Crippen molar-refractivity contribution in [2.24, 2.45) is 9.98 Å². The number of hydrogen-bond acceptors (Lipinski definition) is 7. The predicted molar refractivity (Wildman–Crippen MR) is 162 cm³/mol. The van der Waals surface area contributed by atoms with Gasteiger partial charge in [0.25, 0.3) is 0 Å². The van der Waals surface area contributed by atoms with Gasteiger partial charge in [0.05, 0.1) is 5.70 Å². The van der Waals surface area contributed by atoms with Crippen LogP contribution in [0.15, 0.2) is 82.7 Å². The molecule has 0 saturated carbocycles. The molecule has 2 aliphatic heterocycles. The van der Waals surface area contributed by atoms with Crippen LogP contribution in [0, 0.1) is 0 Å². The van der Waals surface area contributed by atoms with Crippen molar-refractivity contribution in [3.8, 4) is 5.75 Å². The van der Waals surface area contributed by atoms with E-state index in [1.807, 2.05) is 35.4 Å². The van der Waals surface area contributed by atoms with Gasteiger partial charge in [-0.2, -0.15) is 0 Å². The summed E-state index contributed by atoms with van der Waals surface area (Å²) in [6.07, 6.45) is 2.73. The summed E-state index contributed by atoms with van der Waals surface area (Å²) in [4.78, 5) is 9.80. The smallest absolute Gasteiger partial charge is 0.191 e. The van der Waals surface area contributed by atoms with Gasteiger partial charge in [0.1, 0.15) is 11.4 Å². The summed E-state index contributed by atoms with van der Waals surface area (Å²) in [6, 6.07) is 16.0. The van der Waals surface area contributed by atoms with E-state index in [0.717, 1.165) is 41.5 Å². The first kappa shape index (κ1) is 29.8. The molecule has 8 heteroatoms. The van der Waals surface area contributed by atoms with Gasteiger partial charge < -0.3 is 9.84 Å². The van der Waals surface area contributed by atoms with Gasteiger partial charge in [-0.15, -0.1) is 0 Å². The van der Waals surface area contributed by atoms with Crippen LogP contribution in [-0.2, 0) is 5.41 Å². The molecule has 2 aromatic carbocycles. The van der Waals surface area contributed by atoms with Crippen LogP contribution in [0.4, 0.5) is 0 Å². The molecule has 0 saturated heterocycles. The van der Waals surface area contributed by atoms with Gasteiger partial charge in [0.15, 0.2) is 16.8 Å². The number of nitrogens with one attached hydrogen (secondary N) is 1. The number of fused-ring (bicyclic) bond motifs is 1. The second-order valence-electron chi connectivity index (χ2n) is 11.5. The fourth-order valence-corrected chi connectivity index (χ4v) is 5.84. The van der Waals surface area contributed by atoms with Crippen LogP contribution in [-0.4, -0.2) is 38.6 Å². The molecule has 0 aromatic heterocycles. The zero-order valence-corrected chi connectivity index (χ0v) is 25.2. The monoisotopic (exact) mass is 554 g/mol. The van der Waals surface area contributed by atoms with Crippen LogP contribution < -0.4 is 10.2 Å². The highest BCUT2D eigenvalue weighted by Gasteiger charge is 2.36. The van der Waals surface area contributed by atoms with E-state index in [1.54, 1.807) is 11.8 Å². The van der Waals surface area contributed by atoms with Gasteiger partial charge in [0.2, 0.25) is 0 Å². The summed E-state index contributed by atoms with van der Waals surface area (Å²) in [5, 5.41) is 10.4. The first-order chi connectivity index (χ1) is 17.7. The van der Waals surface area contributed by atoms with Crippen LogP contribution in [0.2, 0.25) is 5.02 Å². The maximum Gasteiger partial charge on any atom is 0.191 e. The zero-order valence-electron chi connectivity index (χ0n) is 23.6. The minimum Gasteiger partial charge on any atom is -0.488 e. The Morgan fingerprint density at radius 2 is 1.55 bits per heavy atom. The Balaban J connectivity index is 0.00000195. The van der Waals surface area contributed by atoms with Crippen LogP contribution in [0.3, 0.4) is 0 Å². The molecular formula is C30H39ClN4O2S. The largest absolute Gasteiger partial charge is 0.488 e. The first-order valence-corrected chi connectivity index (χ1v) is 13.7. The minimum atomic E-state index is -0.403. The van der Waals surface area contributed by atoms with Crippen LogP contribution >= 0.6 is 23.4 Å². The van der Waals surface area contributed by atoms with Crippen molar-refractivity contribution in [1.82, 2.24) is 10.4 Å². The molecule has 38 heavy (non-hydrogen) atoms. The fraction of sp³-hybridized carbons (Fsp3) is 0.400. The van der Waals surface area contributed by atoms with Crippen LogP contribution in [0.5, 0.6) is 5.75 Å². The van der Waals surface area contributed by atoms with E-state index in [4.69, 9.17) is 31.4 Å². The number of amidine groups is 2. The zero-order chi connectivity index (χ0) is 28.3.